The Balaban J connectivity index is 2.21. The van der Waals surface area contributed by atoms with E-state index in [4.69, 9.17) is 0 Å². The largest absolute Gasteiger partial charge is 0.420 e. The Kier molecular flexibility index (Phi) is 5.62. The number of unbranched alkanes of at least 4 members (excludes halogenated alkanes) is 1. The molecule has 0 aromatic heterocycles. The quantitative estimate of drug-likeness (QED) is 0.586. The molecule has 0 aliphatic carbocycles. The summed E-state index contributed by atoms with van der Waals surface area (Å²) >= 11 is 0. The van der Waals surface area contributed by atoms with Crippen molar-refractivity contribution in [2.75, 3.05) is 17.6 Å². The molecule has 0 spiro atoms. The summed E-state index contributed by atoms with van der Waals surface area (Å²) in [6.07, 6.45) is -0.248. The standard InChI is InChI=1S/C12H18N2O4S/c1-10-4-6-11(7-5-10)14-8-2-3-9-19(16,17)18-12(13)15/h4-7,14H,2-3,8-9H2,1H3,(H2,13,15). The maximum atomic E-state index is 11.2. The van der Waals surface area contributed by atoms with Gasteiger partial charge in [0.15, 0.2) is 0 Å². The predicted octanol–water partition coefficient (Wildman–Crippen LogP) is 1.61. The van der Waals surface area contributed by atoms with Gasteiger partial charge < -0.3 is 15.2 Å². The number of primary amides is 1. The lowest BCUT2D eigenvalue weighted by Gasteiger charge is -2.06. The van der Waals surface area contributed by atoms with Crippen LogP contribution in [0.4, 0.5) is 10.5 Å². The van der Waals surface area contributed by atoms with E-state index in [1.165, 1.54) is 5.56 Å². The van der Waals surface area contributed by atoms with E-state index >= 15 is 0 Å². The summed E-state index contributed by atoms with van der Waals surface area (Å²) in [7, 11) is -3.83. The lowest BCUT2D eigenvalue weighted by atomic mass is 10.2. The van der Waals surface area contributed by atoms with Crippen LogP contribution in [-0.2, 0) is 14.3 Å². The number of nitrogens with two attached hydrogens (primary N) is 1. The molecule has 0 saturated carbocycles. The van der Waals surface area contributed by atoms with Gasteiger partial charge in [0.05, 0.1) is 5.75 Å². The van der Waals surface area contributed by atoms with Gasteiger partial charge in [-0.25, -0.2) is 4.79 Å². The minimum atomic E-state index is -3.83. The van der Waals surface area contributed by atoms with Gasteiger partial charge in [-0.1, -0.05) is 17.7 Å². The molecule has 0 fully saturated rings. The minimum absolute atomic E-state index is 0.217. The van der Waals surface area contributed by atoms with Gasteiger partial charge in [-0.3, -0.25) is 0 Å². The topological polar surface area (TPSA) is 98.5 Å². The molecule has 1 rings (SSSR count). The Morgan fingerprint density at radius 2 is 1.89 bits per heavy atom. The van der Waals surface area contributed by atoms with Crippen molar-refractivity contribution in [2.24, 2.45) is 5.73 Å². The first kappa shape index (κ1) is 15.3. The van der Waals surface area contributed by atoms with Gasteiger partial charge in [0.25, 0.3) is 0 Å². The molecule has 6 nitrogen and oxygen atoms in total. The number of carbonyl (C=O) groups is 1. The zero-order valence-electron chi connectivity index (χ0n) is 10.8. The van der Waals surface area contributed by atoms with E-state index in [-0.39, 0.29) is 5.75 Å². The Bertz CT molecular complexity index is 511. The second kappa shape index (κ2) is 6.98. The van der Waals surface area contributed by atoms with Crippen molar-refractivity contribution in [2.45, 2.75) is 19.8 Å². The number of aryl methyl sites for hydroxylation is 1. The first-order valence-corrected chi connectivity index (χ1v) is 7.49. The Morgan fingerprint density at radius 3 is 2.47 bits per heavy atom. The van der Waals surface area contributed by atoms with Crippen LogP contribution in [0.25, 0.3) is 0 Å². The van der Waals surface area contributed by atoms with Crippen LogP contribution >= 0.6 is 0 Å². The predicted molar refractivity (Wildman–Crippen MR) is 73.4 cm³/mol. The highest BCUT2D eigenvalue weighted by Crippen LogP contribution is 2.08. The number of nitrogens with one attached hydrogen (secondary N) is 1. The molecule has 0 aliphatic heterocycles. The van der Waals surface area contributed by atoms with Crippen molar-refractivity contribution in [3.63, 3.8) is 0 Å². The zero-order valence-corrected chi connectivity index (χ0v) is 11.6. The number of carbonyl (C=O) groups excluding carboxylic acids is 1. The summed E-state index contributed by atoms with van der Waals surface area (Å²) in [5.74, 6) is -0.217. The van der Waals surface area contributed by atoms with Crippen molar-refractivity contribution in [1.29, 1.82) is 0 Å². The van der Waals surface area contributed by atoms with E-state index in [1.54, 1.807) is 0 Å². The van der Waals surface area contributed by atoms with E-state index in [0.717, 1.165) is 5.69 Å². The van der Waals surface area contributed by atoms with Crippen molar-refractivity contribution >= 4 is 21.9 Å². The highest BCUT2D eigenvalue weighted by molar-refractivity contribution is 7.87. The van der Waals surface area contributed by atoms with Crippen LogP contribution in [0.5, 0.6) is 0 Å². The van der Waals surface area contributed by atoms with Gasteiger partial charge in [-0.05, 0) is 31.9 Å². The van der Waals surface area contributed by atoms with Crippen molar-refractivity contribution in [3.05, 3.63) is 29.8 Å². The van der Waals surface area contributed by atoms with E-state index < -0.39 is 16.2 Å². The molecule has 19 heavy (non-hydrogen) atoms. The molecule has 3 N–H and O–H groups in total. The van der Waals surface area contributed by atoms with Crippen LogP contribution < -0.4 is 11.1 Å². The third-order valence-corrected chi connectivity index (χ3v) is 3.62. The Labute approximate surface area is 113 Å². The molecule has 1 aromatic rings. The molecule has 0 heterocycles. The minimum Gasteiger partial charge on any atom is -0.385 e. The first-order valence-electron chi connectivity index (χ1n) is 5.91. The molecule has 7 heteroatoms. The average Bonchev–Trinajstić information content (AvgIpc) is 2.29. The van der Waals surface area contributed by atoms with Crippen LogP contribution in [-0.4, -0.2) is 26.8 Å². The fourth-order valence-corrected chi connectivity index (χ4v) is 2.37. The number of anilines is 1. The summed E-state index contributed by atoms with van der Waals surface area (Å²) in [5, 5.41) is 3.17. The third-order valence-electron chi connectivity index (χ3n) is 2.41. The maximum Gasteiger partial charge on any atom is 0.420 e. The molecular formula is C12H18N2O4S. The van der Waals surface area contributed by atoms with Gasteiger partial charge in [-0.2, -0.15) is 8.42 Å². The highest BCUT2D eigenvalue weighted by Gasteiger charge is 2.13. The zero-order chi connectivity index (χ0) is 14.3. The molecule has 0 atom stereocenters. The van der Waals surface area contributed by atoms with E-state index in [9.17, 15) is 13.2 Å². The molecule has 1 amide bonds. The first-order chi connectivity index (χ1) is 8.89. The number of rotatable bonds is 7. The normalized spacial score (nSPS) is 11.0. The van der Waals surface area contributed by atoms with Crippen molar-refractivity contribution < 1.29 is 17.4 Å². The molecular weight excluding hydrogens is 268 g/mol. The van der Waals surface area contributed by atoms with Crippen molar-refractivity contribution in [1.82, 2.24) is 0 Å². The van der Waals surface area contributed by atoms with E-state index in [2.05, 4.69) is 15.2 Å². The SMILES string of the molecule is Cc1ccc(NCCCCS(=O)(=O)OC(N)=O)cc1. The smallest absolute Gasteiger partial charge is 0.385 e. The van der Waals surface area contributed by atoms with Crippen LogP contribution in [0.3, 0.4) is 0 Å². The maximum absolute atomic E-state index is 11.2. The van der Waals surface area contributed by atoms with Crippen LogP contribution in [0.15, 0.2) is 24.3 Å². The second-order valence-corrected chi connectivity index (χ2v) is 5.85. The molecule has 0 saturated heterocycles. The van der Waals surface area contributed by atoms with E-state index in [1.807, 2.05) is 31.2 Å². The fourth-order valence-electron chi connectivity index (χ4n) is 1.47. The number of amides is 1. The average molecular weight is 286 g/mol. The monoisotopic (exact) mass is 286 g/mol. The summed E-state index contributed by atoms with van der Waals surface area (Å²) in [6.45, 7) is 2.66. The molecule has 0 radical (unpaired) electrons. The van der Waals surface area contributed by atoms with Crippen LogP contribution in [0, 0.1) is 6.92 Å². The van der Waals surface area contributed by atoms with Crippen LogP contribution in [0.2, 0.25) is 0 Å². The van der Waals surface area contributed by atoms with Gasteiger partial charge in [0, 0.05) is 12.2 Å². The van der Waals surface area contributed by atoms with Crippen molar-refractivity contribution in [3.8, 4) is 0 Å². The van der Waals surface area contributed by atoms with Gasteiger partial charge >= 0.3 is 16.2 Å². The number of hydrogen-bond acceptors (Lipinski definition) is 5. The summed E-state index contributed by atoms with van der Waals surface area (Å²) in [4.78, 5) is 10.3. The van der Waals surface area contributed by atoms with E-state index in [0.29, 0.717) is 19.4 Å². The third kappa shape index (κ3) is 6.66. The Hall–Kier alpha value is -1.76. The summed E-state index contributed by atoms with van der Waals surface area (Å²) in [6, 6.07) is 7.91. The molecule has 0 aliphatic rings. The lowest BCUT2D eigenvalue weighted by molar-refractivity contribution is 0.212. The fraction of sp³-hybridized carbons (Fsp3) is 0.417. The number of benzene rings is 1. The lowest BCUT2D eigenvalue weighted by Crippen LogP contribution is -2.21. The highest BCUT2D eigenvalue weighted by atomic mass is 32.2. The van der Waals surface area contributed by atoms with Gasteiger partial charge in [0.2, 0.25) is 0 Å². The Morgan fingerprint density at radius 1 is 1.26 bits per heavy atom. The summed E-state index contributed by atoms with van der Waals surface area (Å²) < 4.78 is 26.3. The second-order valence-electron chi connectivity index (χ2n) is 4.16. The molecule has 106 valence electrons. The number of hydrogen-bond donors (Lipinski definition) is 2. The van der Waals surface area contributed by atoms with Crippen LogP contribution in [0.1, 0.15) is 18.4 Å². The molecule has 0 bridgehead atoms. The van der Waals surface area contributed by atoms with Gasteiger partial charge in [-0.15, -0.1) is 0 Å². The molecule has 0 unspecified atom stereocenters. The van der Waals surface area contributed by atoms with Gasteiger partial charge in [0.1, 0.15) is 0 Å². The molecule has 1 aromatic carbocycles. The summed E-state index contributed by atoms with van der Waals surface area (Å²) in [5.41, 5.74) is 6.81.